The average molecular weight is 409 g/mol. The van der Waals surface area contributed by atoms with Crippen LogP contribution in [0.25, 0.3) is 11.5 Å². The maximum Gasteiger partial charge on any atom is 0.321 e. The number of nitrogens with zero attached hydrogens (tertiary/aromatic N) is 3. The molecule has 3 rings (SSSR count). The molecule has 0 saturated heterocycles. The molecule has 0 aliphatic rings. The topological polar surface area (TPSA) is 71.3 Å². The highest BCUT2D eigenvalue weighted by Crippen LogP contribution is 2.21. The summed E-state index contributed by atoms with van der Waals surface area (Å²) in [7, 11) is 1.63. The first-order valence-corrected chi connectivity index (χ1v) is 8.73. The number of amides is 2. The van der Waals surface area contributed by atoms with E-state index in [1.807, 2.05) is 0 Å². The van der Waals surface area contributed by atoms with Gasteiger partial charge >= 0.3 is 6.03 Å². The number of urea groups is 1. The quantitative estimate of drug-likeness (QED) is 0.652. The Morgan fingerprint density at radius 1 is 1.22 bits per heavy atom. The van der Waals surface area contributed by atoms with E-state index in [0.29, 0.717) is 35.4 Å². The number of carbonyl (C=O) groups excluding carboxylic acids is 1. The number of aromatic nitrogens is 2. The minimum Gasteiger partial charge on any atom is -0.334 e. The standard InChI is InChI=1S/C18H15Cl2FN4O2/c1-25(18(26)22-13-6-7-15(21)14(20)10-13)9-8-16-23-17(27-24-16)11-2-4-12(19)5-3-11/h2-7,10H,8-9H2,1H3,(H,22,26). The molecule has 27 heavy (non-hydrogen) atoms. The smallest absolute Gasteiger partial charge is 0.321 e. The molecule has 1 N–H and O–H groups in total. The second-order valence-electron chi connectivity index (χ2n) is 5.75. The van der Waals surface area contributed by atoms with Crippen LogP contribution in [0.3, 0.4) is 0 Å². The molecule has 140 valence electrons. The Morgan fingerprint density at radius 2 is 1.96 bits per heavy atom. The van der Waals surface area contributed by atoms with E-state index >= 15 is 0 Å². The monoisotopic (exact) mass is 408 g/mol. The molecular formula is C18H15Cl2FN4O2. The molecule has 0 atom stereocenters. The number of nitrogens with one attached hydrogen (secondary N) is 1. The van der Waals surface area contributed by atoms with Crippen LogP contribution in [0.2, 0.25) is 10.0 Å². The van der Waals surface area contributed by atoms with Crippen LogP contribution < -0.4 is 5.32 Å². The first-order chi connectivity index (χ1) is 12.9. The number of halogens is 3. The van der Waals surface area contributed by atoms with Gasteiger partial charge in [-0.05, 0) is 42.5 Å². The van der Waals surface area contributed by atoms with Crippen molar-refractivity contribution in [3.63, 3.8) is 0 Å². The lowest BCUT2D eigenvalue weighted by molar-refractivity contribution is 0.222. The number of likely N-dealkylation sites (N-methyl/N-ethyl adjacent to an activating group) is 1. The second-order valence-corrected chi connectivity index (χ2v) is 6.60. The van der Waals surface area contributed by atoms with Crippen LogP contribution in [0.15, 0.2) is 47.0 Å². The molecule has 9 heteroatoms. The first-order valence-electron chi connectivity index (χ1n) is 7.98. The number of hydrogen-bond donors (Lipinski definition) is 1. The SMILES string of the molecule is CN(CCc1noc(-c2ccc(Cl)cc2)n1)C(=O)Nc1ccc(F)c(Cl)c1. The molecule has 0 aliphatic carbocycles. The third-order valence-corrected chi connectivity index (χ3v) is 4.29. The third kappa shape index (κ3) is 4.96. The van der Waals surface area contributed by atoms with Crippen molar-refractivity contribution in [2.75, 3.05) is 18.9 Å². The van der Waals surface area contributed by atoms with Gasteiger partial charge in [-0.2, -0.15) is 4.98 Å². The molecule has 1 heterocycles. The van der Waals surface area contributed by atoms with E-state index in [2.05, 4.69) is 15.5 Å². The van der Waals surface area contributed by atoms with Crippen molar-refractivity contribution in [2.24, 2.45) is 0 Å². The lowest BCUT2D eigenvalue weighted by atomic mass is 10.2. The van der Waals surface area contributed by atoms with Crippen LogP contribution >= 0.6 is 23.2 Å². The zero-order chi connectivity index (χ0) is 19.4. The highest BCUT2D eigenvalue weighted by Gasteiger charge is 2.13. The number of carbonyl (C=O) groups is 1. The Morgan fingerprint density at radius 3 is 2.67 bits per heavy atom. The number of benzene rings is 2. The van der Waals surface area contributed by atoms with E-state index in [-0.39, 0.29) is 11.1 Å². The average Bonchev–Trinajstić information content (AvgIpc) is 3.12. The first kappa shape index (κ1) is 19.1. The molecule has 6 nitrogen and oxygen atoms in total. The zero-order valence-electron chi connectivity index (χ0n) is 14.2. The van der Waals surface area contributed by atoms with Crippen LogP contribution in [-0.2, 0) is 6.42 Å². The number of hydrogen-bond acceptors (Lipinski definition) is 4. The summed E-state index contributed by atoms with van der Waals surface area (Å²) >= 11 is 11.6. The van der Waals surface area contributed by atoms with Gasteiger partial charge in [0, 0.05) is 36.3 Å². The summed E-state index contributed by atoms with van der Waals surface area (Å²) in [5.74, 6) is 0.316. The summed E-state index contributed by atoms with van der Waals surface area (Å²) in [4.78, 5) is 18.0. The van der Waals surface area contributed by atoms with Crippen molar-refractivity contribution in [1.82, 2.24) is 15.0 Å². The van der Waals surface area contributed by atoms with Gasteiger partial charge in [-0.25, -0.2) is 9.18 Å². The van der Waals surface area contributed by atoms with Gasteiger partial charge in [-0.3, -0.25) is 0 Å². The fourth-order valence-corrected chi connectivity index (χ4v) is 2.53. The Bertz CT molecular complexity index is 947. The van der Waals surface area contributed by atoms with Crippen molar-refractivity contribution in [2.45, 2.75) is 6.42 Å². The Kier molecular flexibility index (Phi) is 5.93. The van der Waals surface area contributed by atoms with Gasteiger partial charge in [0.1, 0.15) is 5.82 Å². The zero-order valence-corrected chi connectivity index (χ0v) is 15.8. The molecular weight excluding hydrogens is 394 g/mol. The Labute approximate surface area is 164 Å². The van der Waals surface area contributed by atoms with E-state index < -0.39 is 5.82 Å². The fraction of sp³-hybridized carbons (Fsp3) is 0.167. The van der Waals surface area contributed by atoms with Gasteiger partial charge in [0.2, 0.25) is 0 Å². The maximum atomic E-state index is 13.2. The third-order valence-electron chi connectivity index (χ3n) is 3.75. The summed E-state index contributed by atoms with van der Waals surface area (Å²) in [6, 6.07) is 10.7. The Hall–Kier alpha value is -2.64. The van der Waals surface area contributed by atoms with E-state index in [9.17, 15) is 9.18 Å². The summed E-state index contributed by atoms with van der Waals surface area (Å²) in [6.45, 7) is 0.361. The van der Waals surface area contributed by atoms with Gasteiger partial charge in [0.15, 0.2) is 5.82 Å². The number of rotatable bonds is 5. The molecule has 0 bridgehead atoms. The molecule has 0 fully saturated rings. The van der Waals surface area contributed by atoms with Gasteiger partial charge in [0.25, 0.3) is 5.89 Å². The lowest BCUT2D eigenvalue weighted by Gasteiger charge is -2.17. The normalized spacial score (nSPS) is 10.7. The van der Waals surface area contributed by atoms with E-state index in [1.165, 1.54) is 23.1 Å². The molecule has 0 aliphatic heterocycles. The van der Waals surface area contributed by atoms with Gasteiger partial charge in [-0.15, -0.1) is 0 Å². The predicted molar refractivity (Wildman–Crippen MR) is 102 cm³/mol. The largest absolute Gasteiger partial charge is 0.334 e. The molecule has 0 radical (unpaired) electrons. The Balaban J connectivity index is 1.55. The van der Waals surface area contributed by atoms with Crippen molar-refractivity contribution in [1.29, 1.82) is 0 Å². The molecule has 1 aromatic heterocycles. The minimum atomic E-state index is -0.545. The highest BCUT2D eigenvalue weighted by atomic mass is 35.5. The van der Waals surface area contributed by atoms with Crippen LogP contribution in [-0.4, -0.2) is 34.7 Å². The van der Waals surface area contributed by atoms with Crippen molar-refractivity contribution >= 4 is 34.9 Å². The van der Waals surface area contributed by atoms with Gasteiger partial charge in [0.05, 0.1) is 5.02 Å². The van der Waals surface area contributed by atoms with Crippen LogP contribution in [0.5, 0.6) is 0 Å². The summed E-state index contributed by atoms with van der Waals surface area (Å²) < 4.78 is 18.4. The summed E-state index contributed by atoms with van der Waals surface area (Å²) in [5.41, 5.74) is 1.17. The molecule has 0 saturated carbocycles. The van der Waals surface area contributed by atoms with Gasteiger partial charge < -0.3 is 14.7 Å². The summed E-state index contributed by atoms with van der Waals surface area (Å²) in [5, 5.41) is 7.12. The molecule has 0 spiro atoms. The highest BCUT2D eigenvalue weighted by molar-refractivity contribution is 6.31. The fourth-order valence-electron chi connectivity index (χ4n) is 2.23. The van der Waals surface area contributed by atoms with Crippen molar-refractivity contribution in [3.8, 4) is 11.5 Å². The maximum absolute atomic E-state index is 13.2. The lowest BCUT2D eigenvalue weighted by Crippen LogP contribution is -2.33. The van der Waals surface area contributed by atoms with Crippen molar-refractivity contribution < 1.29 is 13.7 Å². The van der Waals surface area contributed by atoms with Crippen LogP contribution in [0.4, 0.5) is 14.9 Å². The van der Waals surface area contributed by atoms with E-state index in [1.54, 1.807) is 31.3 Å². The molecule has 2 amide bonds. The van der Waals surface area contributed by atoms with E-state index in [0.717, 1.165) is 5.56 Å². The molecule has 0 unspecified atom stereocenters. The molecule has 2 aromatic carbocycles. The number of anilines is 1. The van der Waals surface area contributed by atoms with Crippen LogP contribution in [0.1, 0.15) is 5.82 Å². The second kappa shape index (κ2) is 8.37. The van der Waals surface area contributed by atoms with Crippen LogP contribution in [0, 0.1) is 5.82 Å². The van der Waals surface area contributed by atoms with Crippen molar-refractivity contribution in [3.05, 3.63) is 64.2 Å². The predicted octanol–water partition coefficient (Wildman–Crippen LogP) is 4.89. The minimum absolute atomic E-state index is 0.0584. The van der Waals surface area contributed by atoms with Gasteiger partial charge in [-0.1, -0.05) is 28.4 Å². The summed E-state index contributed by atoms with van der Waals surface area (Å²) in [6.07, 6.45) is 0.408. The molecule has 3 aromatic rings. The van der Waals surface area contributed by atoms with E-state index in [4.69, 9.17) is 27.7 Å².